The normalized spacial score (nSPS) is 59.2. The molecule has 2 aliphatic rings. The summed E-state index contributed by atoms with van der Waals surface area (Å²) in [6.07, 6.45) is 1.25. The molecule has 0 aromatic heterocycles. The minimum atomic E-state index is 0.590. The summed E-state index contributed by atoms with van der Waals surface area (Å²) in [5.74, 6) is 0. The first kappa shape index (κ1) is 4.73. The first-order valence-corrected chi connectivity index (χ1v) is 3.07. The van der Waals surface area contributed by atoms with E-state index in [1.807, 2.05) is 7.05 Å². The Morgan fingerprint density at radius 3 is 2.50 bits per heavy atom. The van der Waals surface area contributed by atoms with E-state index in [4.69, 9.17) is 0 Å². The van der Waals surface area contributed by atoms with Gasteiger partial charge in [0.2, 0.25) is 0 Å². The Kier molecular flexibility index (Phi) is 0.635. The molecular weight excluding hydrogens is 102 g/mol. The van der Waals surface area contributed by atoms with Gasteiger partial charge in [0.05, 0.1) is 0 Å². The molecule has 8 heavy (non-hydrogen) atoms. The summed E-state index contributed by atoms with van der Waals surface area (Å²) in [6, 6.07) is 0. The molecule has 3 nitrogen and oxygen atoms in total. The lowest BCUT2D eigenvalue weighted by molar-refractivity contribution is -0.664. The Morgan fingerprint density at radius 2 is 2.38 bits per heavy atom. The van der Waals surface area contributed by atoms with Crippen LogP contribution in [0.25, 0.3) is 5.43 Å². The molecule has 2 fully saturated rings. The topological polar surface area (TPSA) is 26.1 Å². The Hall–Kier alpha value is -0.120. The Labute approximate surface area is 49.2 Å². The molecule has 2 rings (SSSR count). The summed E-state index contributed by atoms with van der Waals surface area (Å²) < 4.78 is 1.01. The smallest absolute Gasteiger partial charge is 0.182 e. The van der Waals surface area contributed by atoms with E-state index in [-0.39, 0.29) is 0 Å². The van der Waals surface area contributed by atoms with Crippen molar-refractivity contribution in [2.45, 2.75) is 19.3 Å². The highest BCUT2D eigenvalue weighted by molar-refractivity contribution is 4.98. The van der Waals surface area contributed by atoms with E-state index in [9.17, 15) is 0 Å². The minimum Gasteiger partial charge on any atom is -0.399 e. The van der Waals surface area contributed by atoms with Crippen LogP contribution >= 0.6 is 0 Å². The van der Waals surface area contributed by atoms with E-state index >= 15 is 0 Å². The highest BCUT2D eigenvalue weighted by Gasteiger charge is 2.59. The van der Waals surface area contributed by atoms with Crippen LogP contribution in [0.5, 0.6) is 0 Å². The Morgan fingerprint density at radius 1 is 1.75 bits per heavy atom. The van der Waals surface area contributed by atoms with Gasteiger partial charge >= 0.3 is 0 Å². The van der Waals surface area contributed by atoms with Gasteiger partial charge in [-0.2, -0.15) is 0 Å². The van der Waals surface area contributed by atoms with Crippen LogP contribution in [0.4, 0.5) is 0 Å². The van der Waals surface area contributed by atoms with Gasteiger partial charge in [0, 0.05) is 6.17 Å². The number of likely N-dealkylation sites (N-methyl/N-ethyl adjacent to an activating group) is 1. The maximum absolute atomic E-state index is 4.33. The molecule has 0 amide bonds. The monoisotopic (exact) mass is 113 g/mol. The fraction of sp³-hybridized carbons (Fsp3) is 1.00. The number of quaternary nitrogens is 1. The molecule has 3 unspecified atom stereocenters. The van der Waals surface area contributed by atoms with E-state index in [1.54, 1.807) is 0 Å². The van der Waals surface area contributed by atoms with Gasteiger partial charge in [0.15, 0.2) is 6.17 Å². The first-order chi connectivity index (χ1) is 3.79. The number of hydrogen-bond donors (Lipinski definition) is 1. The van der Waals surface area contributed by atoms with Crippen molar-refractivity contribution < 1.29 is 4.59 Å². The van der Waals surface area contributed by atoms with Crippen LogP contribution in [0.2, 0.25) is 0 Å². The third-order valence-electron chi connectivity index (χ3n) is 2.18. The molecule has 0 aromatic carbocycles. The van der Waals surface area contributed by atoms with E-state index in [0.29, 0.717) is 12.3 Å². The largest absolute Gasteiger partial charge is 0.399 e. The van der Waals surface area contributed by atoms with E-state index in [0.717, 1.165) is 4.59 Å². The molecule has 2 aliphatic heterocycles. The van der Waals surface area contributed by atoms with Gasteiger partial charge in [-0.15, -0.1) is 0 Å². The Balaban J connectivity index is 1.97. The fourth-order valence-electron chi connectivity index (χ4n) is 1.37. The van der Waals surface area contributed by atoms with Crippen molar-refractivity contribution in [2.24, 2.45) is 0 Å². The van der Waals surface area contributed by atoms with Gasteiger partial charge in [-0.05, 0) is 14.0 Å². The molecule has 0 bridgehead atoms. The zero-order valence-electron chi connectivity index (χ0n) is 5.26. The third-order valence-corrected chi connectivity index (χ3v) is 2.18. The molecule has 2 heterocycles. The van der Waals surface area contributed by atoms with E-state index in [1.165, 1.54) is 6.54 Å². The lowest BCUT2D eigenvalue weighted by Crippen LogP contribution is -2.17. The van der Waals surface area contributed by atoms with Crippen LogP contribution in [0.1, 0.15) is 6.92 Å². The molecule has 1 spiro atoms. The van der Waals surface area contributed by atoms with Crippen molar-refractivity contribution in [2.75, 3.05) is 13.6 Å². The van der Waals surface area contributed by atoms with Crippen LogP contribution in [0.15, 0.2) is 0 Å². The molecule has 0 saturated carbocycles. The first-order valence-electron chi connectivity index (χ1n) is 3.07. The van der Waals surface area contributed by atoms with Gasteiger partial charge in [0.1, 0.15) is 6.54 Å². The van der Waals surface area contributed by atoms with Gasteiger partial charge in [-0.1, -0.05) is 0 Å². The summed E-state index contributed by atoms with van der Waals surface area (Å²) in [5.41, 5.74) is 4.33. The third kappa shape index (κ3) is 0.354. The maximum Gasteiger partial charge on any atom is 0.182 e. The highest BCUT2D eigenvalue weighted by Crippen LogP contribution is 2.53. The summed E-state index contributed by atoms with van der Waals surface area (Å²) in [7, 11) is 2.00. The zero-order chi connectivity index (χ0) is 5.78. The van der Waals surface area contributed by atoms with Gasteiger partial charge < -0.3 is 10.0 Å². The molecule has 1 N–H and O–H groups in total. The fourth-order valence-corrected chi connectivity index (χ4v) is 1.37. The van der Waals surface area contributed by atoms with Crippen LogP contribution in [0.3, 0.4) is 0 Å². The lowest BCUT2D eigenvalue weighted by Gasteiger charge is -1.97. The predicted molar refractivity (Wildman–Crippen MR) is 30.8 cm³/mol. The Bertz CT molecular complexity index is 125. The SMILES string of the molecule is CNC1C[N+]12[N-]C2C. The molecular formula is C5H11N3. The molecule has 3 heteroatoms. The minimum absolute atomic E-state index is 0.590. The van der Waals surface area contributed by atoms with Crippen molar-refractivity contribution in [3.63, 3.8) is 0 Å². The predicted octanol–water partition coefficient (Wildman–Crippen LogP) is 0.0106. The summed E-state index contributed by atoms with van der Waals surface area (Å²) in [4.78, 5) is 0. The lowest BCUT2D eigenvalue weighted by atomic mass is 10.7. The van der Waals surface area contributed by atoms with Crippen LogP contribution < -0.4 is 5.32 Å². The quantitative estimate of drug-likeness (QED) is 0.376. The van der Waals surface area contributed by atoms with Crippen molar-refractivity contribution in [1.29, 1.82) is 0 Å². The second kappa shape index (κ2) is 1.07. The molecule has 2 saturated heterocycles. The second-order valence-corrected chi connectivity index (χ2v) is 2.62. The molecule has 3 atom stereocenters. The zero-order valence-corrected chi connectivity index (χ0v) is 5.26. The van der Waals surface area contributed by atoms with Crippen LogP contribution in [0, 0.1) is 0 Å². The molecule has 46 valence electrons. The van der Waals surface area contributed by atoms with Gasteiger partial charge in [0.25, 0.3) is 0 Å². The van der Waals surface area contributed by atoms with Gasteiger partial charge in [-0.25, -0.2) is 0 Å². The van der Waals surface area contributed by atoms with Crippen molar-refractivity contribution in [1.82, 2.24) is 5.32 Å². The van der Waals surface area contributed by atoms with Gasteiger partial charge in [-0.3, -0.25) is 5.32 Å². The van der Waals surface area contributed by atoms with Crippen molar-refractivity contribution >= 4 is 0 Å². The second-order valence-electron chi connectivity index (χ2n) is 2.62. The summed E-state index contributed by atoms with van der Waals surface area (Å²) in [6.45, 7) is 3.38. The average molecular weight is 113 g/mol. The van der Waals surface area contributed by atoms with E-state index in [2.05, 4.69) is 17.7 Å². The number of nitrogens with one attached hydrogen (secondary N) is 1. The standard InChI is InChI=1S/C5H11N3/c1-4-7-8(4)3-5(8)6-2/h4-6H,3H2,1-2H3. The molecule has 0 aromatic rings. The summed E-state index contributed by atoms with van der Waals surface area (Å²) in [5, 5.41) is 3.20. The molecule has 0 aliphatic carbocycles. The number of rotatable bonds is 1. The summed E-state index contributed by atoms with van der Waals surface area (Å²) >= 11 is 0. The maximum atomic E-state index is 4.33. The highest BCUT2D eigenvalue weighted by atomic mass is 16.0. The number of hydrogen-bond acceptors (Lipinski definition) is 1. The van der Waals surface area contributed by atoms with Crippen molar-refractivity contribution in [3.8, 4) is 0 Å². The van der Waals surface area contributed by atoms with Crippen LogP contribution in [-0.2, 0) is 0 Å². The average Bonchev–Trinajstić information content (AvgIpc) is 2.55. The van der Waals surface area contributed by atoms with Crippen LogP contribution in [-0.4, -0.2) is 30.5 Å². The van der Waals surface area contributed by atoms with E-state index < -0.39 is 0 Å². The van der Waals surface area contributed by atoms with Crippen molar-refractivity contribution in [3.05, 3.63) is 5.43 Å². The number of nitrogens with zero attached hydrogens (tertiary/aromatic N) is 2. The molecule has 0 radical (unpaired) electrons.